The maximum absolute atomic E-state index is 11.9. The SMILES string of the molecule is C[S+]([O-])CCC(NC(=O)C(N)Cc1ccccc1)C(=O)O. The zero-order valence-electron chi connectivity index (χ0n) is 11.8. The number of aliphatic carboxylic acids is 1. The van der Waals surface area contributed by atoms with Crippen molar-refractivity contribution in [3.05, 3.63) is 35.9 Å². The Balaban J connectivity index is 2.54. The number of rotatable bonds is 8. The molecule has 0 saturated heterocycles. The molecule has 0 aliphatic carbocycles. The van der Waals surface area contributed by atoms with Crippen LogP contribution in [0.1, 0.15) is 12.0 Å². The Morgan fingerprint density at radius 3 is 2.52 bits per heavy atom. The largest absolute Gasteiger partial charge is 0.617 e. The van der Waals surface area contributed by atoms with E-state index in [9.17, 15) is 14.1 Å². The van der Waals surface area contributed by atoms with Gasteiger partial charge < -0.3 is 20.7 Å². The van der Waals surface area contributed by atoms with Crippen molar-refractivity contribution < 1.29 is 19.2 Å². The van der Waals surface area contributed by atoms with Gasteiger partial charge in [-0.3, -0.25) is 4.79 Å². The van der Waals surface area contributed by atoms with Gasteiger partial charge in [0.05, 0.1) is 12.3 Å². The van der Waals surface area contributed by atoms with Crippen molar-refractivity contribution in [2.24, 2.45) is 5.73 Å². The van der Waals surface area contributed by atoms with Crippen molar-refractivity contribution in [1.29, 1.82) is 0 Å². The fraction of sp³-hybridized carbons (Fsp3) is 0.429. The lowest BCUT2D eigenvalue weighted by Gasteiger charge is -2.18. The Bertz CT molecular complexity index is 467. The van der Waals surface area contributed by atoms with Gasteiger partial charge in [-0.2, -0.15) is 0 Å². The first-order chi connectivity index (χ1) is 9.90. The summed E-state index contributed by atoms with van der Waals surface area (Å²) in [6, 6.07) is 7.36. The van der Waals surface area contributed by atoms with Crippen molar-refractivity contribution in [2.75, 3.05) is 12.0 Å². The minimum absolute atomic E-state index is 0.113. The summed E-state index contributed by atoms with van der Waals surface area (Å²) in [7, 11) is 0. The lowest BCUT2D eigenvalue weighted by atomic mass is 10.1. The fourth-order valence-corrected chi connectivity index (χ4v) is 2.35. The molecule has 116 valence electrons. The summed E-state index contributed by atoms with van der Waals surface area (Å²) in [5, 5.41) is 11.4. The molecule has 0 spiro atoms. The quantitative estimate of drug-likeness (QED) is 0.579. The van der Waals surface area contributed by atoms with Gasteiger partial charge in [-0.05, 0) is 12.0 Å². The lowest BCUT2D eigenvalue weighted by molar-refractivity contribution is -0.142. The third-order valence-corrected chi connectivity index (χ3v) is 3.75. The second-order valence-electron chi connectivity index (χ2n) is 4.76. The van der Waals surface area contributed by atoms with Crippen molar-refractivity contribution >= 4 is 23.1 Å². The predicted octanol–water partition coefficient (Wildman–Crippen LogP) is -0.106. The summed E-state index contributed by atoms with van der Waals surface area (Å²) in [5.41, 5.74) is 6.69. The summed E-state index contributed by atoms with van der Waals surface area (Å²) in [6.07, 6.45) is 1.93. The average Bonchev–Trinajstić information content (AvgIpc) is 2.43. The van der Waals surface area contributed by atoms with Crippen molar-refractivity contribution in [3.63, 3.8) is 0 Å². The van der Waals surface area contributed by atoms with E-state index in [-0.39, 0.29) is 12.2 Å². The molecular weight excluding hydrogens is 292 g/mol. The van der Waals surface area contributed by atoms with Gasteiger partial charge in [-0.15, -0.1) is 0 Å². The molecule has 1 amide bonds. The average molecular weight is 312 g/mol. The second-order valence-corrected chi connectivity index (χ2v) is 6.32. The number of carbonyl (C=O) groups excluding carboxylic acids is 1. The molecule has 0 heterocycles. The smallest absolute Gasteiger partial charge is 0.326 e. The van der Waals surface area contributed by atoms with Crippen LogP contribution in [0.25, 0.3) is 0 Å². The normalized spacial score (nSPS) is 15.0. The molecule has 0 saturated carbocycles. The highest BCUT2D eigenvalue weighted by Gasteiger charge is 2.24. The molecule has 1 aromatic rings. The molecule has 0 aliphatic rings. The van der Waals surface area contributed by atoms with Gasteiger partial charge in [-0.1, -0.05) is 41.5 Å². The molecule has 1 aromatic carbocycles. The lowest BCUT2D eigenvalue weighted by Crippen LogP contribution is -2.49. The molecule has 0 radical (unpaired) electrons. The molecule has 0 aromatic heterocycles. The second kappa shape index (κ2) is 8.66. The van der Waals surface area contributed by atoms with Crippen LogP contribution in [0.3, 0.4) is 0 Å². The summed E-state index contributed by atoms with van der Waals surface area (Å²) in [4.78, 5) is 23.0. The van der Waals surface area contributed by atoms with E-state index in [1.807, 2.05) is 30.3 Å². The highest BCUT2D eigenvalue weighted by atomic mass is 32.2. The van der Waals surface area contributed by atoms with Crippen LogP contribution < -0.4 is 11.1 Å². The van der Waals surface area contributed by atoms with Gasteiger partial charge in [0.1, 0.15) is 11.8 Å². The molecule has 4 N–H and O–H groups in total. The summed E-state index contributed by atoms with van der Waals surface area (Å²) < 4.78 is 11.0. The van der Waals surface area contributed by atoms with E-state index >= 15 is 0 Å². The summed E-state index contributed by atoms with van der Waals surface area (Å²) >= 11 is -1.11. The Kier molecular flexibility index (Phi) is 7.21. The molecule has 0 bridgehead atoms. The first-order valence-corrected chi connectivity index (χ1v) is 8.25. The zero-order chi connectivity index (χ0) is 15.8. The monoisotopic (exact) mass is 312 g/mol. The topological polar surface area (TPSA) is 115 Å². The van der Waals surface area contributed by atoms with Crippen LogP contribution in [-0.2, 0) is 27.2 Å². The molecule has 0 fully saturated rings. The highest BCUT2D eigenvalue weighted by molar-refractivity contribution is 7.90. The van der Waals surface area contributed by atoms with Crippen LogP contribution in [0, 0.1) is 0 Å². The van der Waals surface area contributed by atoms with Gasteiger partial charge in [0.25, 0.3) is 0 Å². The number of nitrogens with two attached hydrogens (primary N) is 1. The van der Waals surface area contributed by atoms with E-state index in [2.05, 4.69) is 5.32 Å². The van der Waals surface area contributed by atoms with Crippen LogP contribution in [0.2, 0.25) is 0 Å². The first-order valence-electron chi connectivity index (χ1n) is 6.53. The molecule has 6 nitrogen and oxygen atoms in total. The predicted molar refractivity (Wildman–Crippen MR) is 81.2 cm³/mol. The van der Waals surface area contributed by atoms with Crippen LogP contribution in [0.4, 0.5) is 0 Å². The van der Waals surface area contributed by atoms with Gasteiger partial charge in [0.2, 0.25) is 5.91 Å². The Morgan fingerprint density at radius 1 is 1.38 bits per heavy atom. The Labute approximate surface area is 126 Å². The minimum Gasteiger partial charge on any atom is -0.617 e. The first kappa shape index (κ1) is 17.5. The molecule has 3 unspecified atom stereocenters. The van der Waals surface area contributed by atoms with Crippen molar-refractivity contribution in [1.82, 2.24) is 5.32 Å². The zero-order valence-corrected chi connectivity index (χ0v) is 12.6. The Morgan fingerprint density at radius 2 is 2.00 bits per heavy atom. The van der Waals surface area contributed by atoms with Crippen LogP contribution >= 0.6 is 0 Å². The molecule has 0 aliphatic heterocycles. The van der Waals surface area contributed by atoms with Crippen molar-refractivity contribution in [3.8, 4) is 0 Å². The van der Waals surface area contributed by atoms with Crippen LogP contribution in [0.15, 0.2) is 30.3 Å². The third kappa shape index (κ3) is 6.61. The maximum atomic E-state index is 11.9. The molecule has 21 heavy (non-hydrogen) atoms. The number of benzene rings is 1. The molecule has 1 rings (SSSR count). The molecular formula is C14H20N2O4S. The van der Waals surface area contributed by atoms with E-state index in [0.717, 1.165) is 5.56 Å². The van der Waals surface area contributed by atoms with Crippen LogP contribution in [0.5, 0.6) is 0 Å². The number of hydrogen-bond donors (Lipinski definition) is 3. The number of amides is 1. The number of carboxylic acid groups (broad SMARTS) is 1. The molecule has 3 atom stereocenters. The van der Waals surface area contributed by atoms with Crippen LogP contribution in [-0.4, -0.2) is 45.6 Å². The summed E-state index contributed by atoms with van der Waals surface area (Å²) in [6.45, 7) is 0. The highest BCUT2D eigenvalue weighted by Crippen LogP contribution is 2.03. The van der Waals surface area contributed by atoms with Gasteiger partial charge >= 0.3 is 5.97 Å². The minimum atomic E-state index is -1.15. The number of hydrogen-bond acceptors (Lipinski definition) is 4. The third-order valence-electron chi connectivity index (χ3n) is 2.94. The van der Waals surface area contributed by atoms with E-state index in [4.69, 9.17) is 10.8 Å². The number of nitrogens with one attached hydrogen (secondary N) is 1. The van der Waals surface area contributed by atoms with E-state index < -0.39 is 35.1 Å². The standard InChI is InChI=1S/C14H20N2O4S/c1-21(20)8-7-12(14(18)19)16-13(17)11(15)9-10-5-3-2-4-6-10/h2-6,11-12H,7-9,15H2,1H3,(H,16,17)(H,18,19). The van der Waals surface area contributed by atoms with Gasteiger partial charge in [0.15, 0.2) is 0 Å². The summed E-state index contributed by atoms with van der Waals surface area (Å²) in [5.74, 6) is -1.46. The number of carboxylic acids is 1. The molecule has 7 heteroatoms. The Hall–Kier alpha value is -1.57. The van der Waals surface area contributed by atoms with Crippen molar-refractivity contribution in [2.45, 2.75) is 24.9 Å². The number of carbonyl (C=O) groups is 2. The van der Waals surface area contributed by atoms with E-state index in [1.165, 1.54) is 6.26 Å². The van der Waals surface area contributed by atoms with Gasteiger partial charge in [0, 0.05) is 6.42 Å². The maximum Gasteiger partial charge on any atom is 0.326 e. The van der Waals surface area contributed by atoms with E-state index in [0.29, 0.717) is 6.42 Å². The van der Waals surface area contributed by atoms with E-state index in [1.54, 1.807) is 0 Å². The van der Waals surface area contributed by atoms with Gasteiger partial charge in [-0.25, -0.2) is 4.79 Å². The fourth-order valence-electron chi connectivity index (χ4n) is 1.78.